The molecule has 0 atom stereocenters. The first-order valence-electron chi connectivity index (χ1n) is 10.4. The maximum Gasteiger partial charge on any atom is 0.254 e. The molecule has 1 aromatic carbocycles. The van der Waals surface area contributed by atoms with Gasteiger partial charge in [0.25, 0.3) is 5.91 Å². The molecule has 0 radical (unpaired) electrons. The predicted octanol–water partition coefficient (Wildman–Crippen LogP) is 3.11. The second-order valence-corrected chi connectivity index (χ2v) is 8.05. The molecule has 0 spiro atoms. The van der Waals surface area contributed by atoms with E-state index in [1.165, 1.54) is 19.3 Å². The highest BCUT2D eigenvalue weighted by Gasteiger charge is 2.30. The number of aromatic nitrogens is 2. The van der Waals surface area contributed by atoms with E-state index in [1.807, 2.05) is 41.8 Å². The molecule has 1 saturated heterocycles. The van der Waals surface area contributed by atoms with E-state index in [0.29, 0.717) is 37.6 Å². The van der Waals surface area contributed by atoms with Crippen molar-refractivity contribution in [2.75, 3.05) is 26.2 Å². The van der Waals surface area contributed by atoms with Crippen LogP contribution in [0.15, 0.2) is 18.2 Å². The van der Waals surface area contributed by atoms with Crippen LogP contribution in [0, 0.1) is 19.8 Å². The van der Waals surface area contributed by atoms with Crippen molar-refractivity contribution in [1.29, 1.82) is 0 Å². The number of piperazine rings is 1. The zero-order valence-electron chi connectivity index (χ0n) is 16.8. The largest absolute Gasteiger partial charge is 0.339 e. The number of benzene rings is 1. The Bertz CT molecular complexity index is 897. The summed E-state index contributed by atoms with van der Waals surface area (Å²) < 4.78 is 0. The van der Waals surface area contributed by atoms with Gasteiger partial charge in [-0.05, 0) is 44.9 Å². The summed E-state index contributed by atoms with van der Waals surface area (Å²) in [5.41, 5.74) is 3.98. The van der Waals surface area contributed by atoms with Crippen LogP contribution in [0.25, 0.3) is 11.0 Å². The van der Waals surface area contributed by atoms with E-state index >= 15 is 0 Å². The van der Waals surface area contributed by atoms with Gasteiger partial charge < -0.3 is 9.80 Å². The molecule has 148 valence electrons. The first-order valence-corrected chi connectivity index (χ1v) is 10.4. The third-order valence-electron chi connectivity index (χ3n) is 6.16. The highest BCUT2D eigenvalue weighted by atomic mass is 16.2. The fraction of sp³-hybridized carbons (Fsp3) is 0.545. The number of nitrogens with zero attached hydrogens (tertiary/aromatic N) is 4. The summed E-state index contributed by atoms with van der Waals surface area (Å²) in [5.74, 6) is 0.493. The van der Waals surface area contributed by atoms with Crippen molar-refractivity contribution in [1.82, 2.24) is 19.8 Å². The summed E-state index contributed by atoms with van der Waals surface area (Å²) >= 11 is 0. The highest BCUT2D eigenvalue weighted by Crippen LogP contribution is 2.26. The molecule has 1 saturated carbocycles. The normalized spacial score (nSPS) is 18.5. The first-order chi connectivity index (χ1) is 13.5. The van der Waals surface area contributed by atoms with E-state index < -0.39 is 0 Å². The van der Waals surface area contributed by atoms with E-state index in [0.717, 1.165) is 35.3 Å². The molecule has 2 heterocycles. The maximum absolute atomic E-state index is 12.9. The molecule has 28 heavy (non-hydrogen) atoms. The van der Waals surface area contributed by atoms with E-state index in [4.69, 9.17) is 0 Å². The van der Waals surface area contributed by atoms with Gasteiger partial charge in [0.05, 0.1) is 22.4 Å². The van der Waals surface area contributed by atoms with Crippen LogP contribution in [-0.2, 0) is 4.79 Å². The molecule has 0 N–H and O–H groups in total. The highest BCUT2D eigenvalue weighted by molar-refractivity contribution is 5.97. The van der Waals surface area contributed by atoms with Gasteiger partial charge in [0, 0.05) is 37.7 Å². The van der Waals surface area contributed by atoms with E-state index in [2.05, 4.69) is 9.97 Å². The lowest BCUT2D eigenvalue weighted by atomic mass is 9.88. The van der Waals surface area contributed by atoms with Crippen molar-refractivity contribution in [2.24, 2.45) is 5.92 Å². The van der Waals surface area contributed by atoms with Gasteiger partial charge in [-0.1, -0.05) is 19.3 Å². The van der Waals surface area contributed by atoms with Gasteiger partial charge in [-0.3, -0.25) is 9.59 Å². The van der Waals surface area contributed by atoms with Gasteiger partial charge >= 0.3 is 0 Å². The van der Waals surface area contributed by atoms with Crippen molar-refractivity contribution >= 4 is 22.8 Å². The second kappa shape index (κ2) is 7.86. The Hall–Kier alpha value is -2.50. The second-order valence-electron chi connectivity index (χ2n) is 8.05. The molecule has 6 heteroatoms. The smallest absolute Gasteiger partial charge is 0.254 e. The molecule has 2 fully saturated rings. The minimum Gasteiger partial charge on any atom is -0.339 e. The molecule has 0 unspecified atom stereocenters. The topological polar surface area (TPSA) is 66.4 Å². The number of carbonyl (C=O) groups excluding carboxylic acids is 2. The summed E-state index contributed by atoms with van der Waals surface area (Å²) in [6, 6.07) is 5.52. The lowest BCUT2D eigenvalue weighted by Gasteiger charge is -2.37. The number of hydrogen-bond acceptors (Lipinski definition) is 4. The number of fused-ring (bicyclic) bond motifs is 1. The van der Waals surface area contributed by atoms with Gasteiger partial charge in [0.15, 0.2) is 0 Å². The summed E-state index contributed by atoms with van der Waals surface area (Å²) in [6.45, 7) is 6.31. The fourth-order valence-corrected chi connectivity index (χ4v) is 4.28. The standard InChI is InChI=1S/C22H28N4O2/c1-15-16(2)24-20-14-18(8-9-19(20)23-15)22(28)26-12-10-25(11-13-26)21(27)17-6-4-3-5-7-17/h8-9,14,17H,3-7,10-13H2,1-2H3. The Labute approximate surface area is 165 Å². The van der Waals surface area contributed by atoms with Crippen LogP contribution >= 0.6 is 0 Å². The van der Waals surface area contributed by atoms with Gasteiger partial charge in [-0.25, -0.2) is 9.97 Å². The zero-order valence-corrected chi connectivity index (χ0v) is 16.8. The molecule has 1 aliphatic heterocycles. The van der Waals surface area contributed by atoms with Crippen LogP contribution in [-0.4, -0.2) is 57.8 Å². The molecule has 6 nitrogen and oxygen atoms in total. The van der Waals surface area contributed by atoms with Crippen molar-refractivity contribution in [3.8, 4) is 0 Å². The SMILES string of the molecule is Cc1nc2ccc(C(=O)N3CCN(C(=O)C4CCCCC4)CC3)cc2nc1C. The summed E-state index contributed by atoms with van der Waals surface area (Å²) in [4.78, 5) is 38.6. The molecular formula is C22H28N4O2. The van der Waals surface area contributed by atoms with Crippen LogP contribution < -0.4 is 0 Å². The van der Waals surface area contributed by atoms with E-state index in [1.54, 1.807) is 0 Å². The van der Waals surface area contributed by atoms with Gasteiger partial charge in [-0.15, -0.1) is 0 Å². The lowest BCUT2D eigenvalue weighted by Crippen LogP contribution is -2.52. The van der Waals surface area contributed by atoms with Crippen molar-refractivity contribution in [3.63, 3.8) is 0 Å². The monoisotopic (exact) mass is 380 g/mol. The molecule has 4 rings (SSSR count). The van der Waals surface area contributed by atoms with Gasteiger partial charge in [0.1, 0.15) is 0 Å². The average molecular weight is 380 g/mol. The van der Waals surface area contributed by atoms with Crippen molar-refractivity contribution in [3.05, 3.63) is 35.2 Å². The van der Waals surface area contributed by atoms with Crippen LogP contribution in [0.3, 0.4) is 0 Å². The summed E-state index contributed by atoms with van der Waals surface area (Å²) in [6.07, 6.45) is 5.63. The summed E-state index contributed by atoms with van der Waals surface area (Å²) in [5, 5.41) is 0. The number of aryl methyl sites for hydroxylation is 2. The average Bonchev–Trinajstić information content (AvgIpc) is 2.74. The molecule has 2 aromatic rings. The van der Waals surface area contributed by atoms with Crippen LogP contribution in [0.1, 0.15) is 53.8 Å². The minimum absolute atomic E-state index is 0.00620. The van der Waals surface area contributed by atoms with Gasteiger partial charge in [0.2, 0.25) is 5.91 Å². The zero-order chi connectivity index (χ0) is 19.7. The third-order valence-corrected chi connectivity index (χ3v) is 6.16. The van der Waals surface area contributed by atoms with Crippen LogP contribution in [0.5, 0.6) is 0 Å². The lowest BCUT2D eigenvalue weighted by molar-refractivity contribution is -0.138. The van der Waals surface area contributed by atoms with Crippen molar-refractivity contribution < 1.29 is 9.59 Å². The van der Waals surface area contributed by atoms with Crippen LogP contribution in [0.2, 0.25) is 0 Å². The summed E-state index contributed by atoms with van der Waals surface area (Å²) in [7, 11) is 0. The Balaban J connectivity index is 1.41. The Morgan fingerprint density at radius 1 is 0.857 bits per heavy atom. The Morgan fingerprint density at radius 2 is 1.46 bits per heavy atom. The molecule has 1 aliphatic carbocycles. The molecular weight excluding hydrogens is 352 g/mol. The molecule has 1 aromatic heterocycles. The van der Waals surface area contributed by atoms with E-state index in [9.17, 15) is 9.59 Å². The Morgan fingerprint density at radius 3 is 2.14 bits per heavy atom. The maximum atomic E-state index is 12.9. The number of hydrogen-bond donors (Lipinski definition) is 0. The molecule has 2 aliphatic rings. The minimum atomic E-state index is 0.00620. The van der Waals surface area contributed by atoms with Crippen molar-refractivity contribution in [2.45, 2.75) is 46.0 Å². The third kappa shape index (κ3) is 3.73. The number of amides is 2. The van der Waals surface area contributed by atoms with Gasteiger partial charge in [-0.2, -0.15) is 0 Å². The molecule has 2 amide bonds. The van der Waals surface area contributed by atoms with Crippen LogP contribution in [0.4, 0.5) is 0 Å². The number of rotatable bonds is 2. The molecule has 0 bridgehead atoms. The first kappa shape index (κ1) is 18.8. The quantitative estimate of drug-likeness (QED) is 0.803. The fourth-order valence-electron chi connectivity index (χ4n) is 4.28. The number of carbonyl (C=O) groups is 2. The Kier molecular flexibility index (Phi) is 5.29. The predicted molar refractivity (Wildman–Crippen MR) is 108 cm³/mol. The van der Waals surface area contributed by atoms with E-state index in [-0.39, 0.29) is 11.8 Å².